The van der Waals surface area contributed by atoms with Crippen LogP contribution in [0.25, 0.3) is 0 Å². The molecule has 3 nitrogen and oxygen atoms in total. The molecule has 0 bridgehead atoms. The lowest BCUT2D eigenvalue weighted by molar-refractivity contribution is -0.118. The number of carbonyl (C=O) groups is 1. The molecule has 0 spiro atoms. The van der Waals surface area contributed by atoms with Gasteiger partial charge in [0.15, 0.2) is 0 Å². The van der Waals surface area contributed by atoms with Crippen LogP contribution < -0.4 is 11.1 Å². The summed E-state index contributed by atoms with van der Waals surface area (Å²) in [5.74, 6) is -0.264. The van der Waals surface area contributed by atoms with Gasteiger partial charge in [-0.1, -0.05) is 44.2 Å². The van der Waals surface area contributed by atoms with Crippen molar-refractivity contribution in [3.8, 4) is 0 Å². The number of amides is 1. The van der Waals surface area contributed by atoms with Crippen molar-refractivity contribution in [2.24, 2.45) is 5.73 Å². The molecule has 90 valence electrons. The van der Waals surface area contributed by atoms with E-state index >= 15 is 0 Å². The molecule has 0 radical (unpaired) electrons. The highest BCUT2D eigenvalue weighted by Crippen LogP contribution is 2.04. The molecule has 1 aromatic rings. The van der Waals surface area contributed by atoms with Crippen molar-refractivity contribution < 1.29 is 4.79 Å². The molecule has 1 unspecified atom stereocenters. The Morgan fingerprint density at radius 3 is 2.31 bits per heavy atom. The Balaban J connectivity index is 0.00000106. The summed E-state index contributed by atoms with van der Waals surface area (Å²) in [7, 11) is 1.84. The third kappa shape index (κ3) is 6.19. The molecule has 3 heteroatoms. The second-order valence-corrected chi connectivity index (χ2v) is 3.35. The molecule has 0 aliphatic carbocycles. The lowest BCUT2D eigenvalue weighted by Crippen LogP contribution is -2.32. The highest BCUT2D eigenvalue weighted by molar-refractivity contribution is 5.74. The van der Waals surface area contributed by atoms with E-state index in [0.717, 1.165) is 6.42 Å². The Morgan fingerprint density at radius 2 is 1.88 bits per heavy atom. The minimum absolute atomic E-state index is 0.134. The molecule has 0 saturated carbocycles. The fraction of sp³-hybridized carbons (Fsp3) is 0.462. The largest absolute Gasteiger partial charge is 0.370 e. The van der Waals surface area contributed by atoms with E-state index in [2.05, 4.69) is 5.32 Å². The quantitative estimate of drug-likeness (QED) is 0.797. The Labute approximate surface area is 98.0 Å². The van der Waals surface area contributed by atoms with Gasteiger partial charge in [-0.25, -0.2) is 0 Å². The number of carbonyl (C=O) groups excluding carboxylic acids is 1. The number of likely N-dealkylation sites (N-methyl/N-ethyl adjacent to an activating group) is 1. The van der Waals surface area contributed by atoms with Crippen LogP contribution in [0.2, 0.25) is 0 Å². The molecule has 0 aliphatic rings. The fourth-order valence-corrected chi connectivity index (χ4v) is 1.42. The minimum atomic E-state index is -0.264. The van der Waals surface area contributed by atoms with Crippen molar-refractivity contribution in [3.05, 3.63) is 35.9 Å². The SMILES string of the molecule is CC.CNC(CC(N)=O)Cc1ccccc1. The molecule has 0 aliphatic heterocycles. The molecule has 1 aromatic carbocycles. The molecule has 16 heavy (non-hydrogen) atoms. The molecule has 1 amide bonds. The topological polar surface area (TPSA) is 55.1 Å². The second kappa shape index (κ2) is 8.92. The van der Waals surface area contributed by atoms with E-state index < -0.39 is 0 Å². The zero-order chi connectivity index (χ0) is 12.4. The van der Waals surface area contributed by atoms with Crippen molar-refractivity contribution in [3.63, 3.8) is 0 Å². The summed E-state index contributed by atoms with van der Waals surface area (Å²) in [5, 5.41) is 3.08. The smallest absolute Gasteiger partial charge is 0.218 e. The van der Waals surface area contributed by atoms with Crippen molar-refractivity contribution in [2.45, 2.75) is 32.7 Å². The number of hydrogen-bond donors (Lipinski definition) is 2. The van der Waals surface area contributed by atoms with E-state index in [1.54, 1.807) is 0 Å². The lowest BCUT2D eigenvalue weighted by atomic mass is 10.0. The van der Waals surface area contributed by atoms with Crippen molar-refractivity contribution in [2.75, 3.05) is 7.05 Å². The number of nitrogens with one attached hydrogen (secondary N) is 1. The predicted molar refractivity (Wildman–Crippen MR) is 68.2 cm³/mol. The van der Waals surface area contributed by atoms with Crippen LogP contribution in [-0.4, -0.2) is 19.0 Å². The van der Waals surface area contributed by atoms with Crippen LogP contribution in [-0.2, 0) is 11.2 Å². The van der Waals surface area contributed by atoms with Crippen molar-refractivity contribution in [1.82, 2.24) is 5.32 Å². The molecular weight excluding hydrogens is 200 g/mol. The third-order valence-electron chi connectivity index (χ3n) is 2.18. The van der Waals surface area contributed by atoms with E-state index in [1.807, 2.05) is 51.2 Å². The maximum atomic E-state index is 10.7. The summed E-state index contributed by atoms with van der Waals surface area (Å²) in [5.41, 5.74) is 6.36. The first-order valence-electron chi connectivity index (χ1n) is 5.72. The van der Waals surface area contributed by atoms with Gasteiger partial charge in [-0.2, -0.15) is 0 Å². The lowest BCUT2D eigenvalue weighted by Gasteiger charge is -2.13. The van der Waals surface area contributed by atoms with Gasteiger partial charge in [-0.15, -0.1) is 0 Å². The summed E-state index contributed by atoms with van der Waals surface area (Å²) >= 11 is 0. The highest BCUT2D eigenvalue weighted by atomic mass is 16.1. The van der Waals surface area contributed by atoms with Crippen LogP contribution in [0.5, 0.6) is 0 Å². The van der Waals surface area contributed by atoms with Crippen molar-refractivity contribution >= 4 is 5.91 Å². The highest BCUT2D eigenvalue weighted by Gasteiger charge is 2.09. The maximum Gasteiger partial charge on any atom is 0.218 e. The molecule has 0 saturated heterocycles. The fourth-order valence-electron chi connectivity index (χ4n) is 1.42. The number of rotatable bonds is 5. The average Bonchev–Trinajstić information content (AvgIpc) is 2.31. The standard InChI is InChI=1S/C11H16N2O.C2H6/c1-13-10(8-11(12)14)7-9-5-3-2-4-6-9;1-2/h2-6,10,13H,7-8H2,1H3,(H2,12,14);1-2H3. The van der Waals surface area contributed by atoms with Gasteiger partial charge in [0.2, 0.25) is 5.91 Å². The number of hydrogen-bond acceptors (Lipinski definition) is 2. The van der Waals surface area contributed by atoms with Gasteiger partial charge in [-0.3, -0.25) is 4.79 Å². The van der Waals surface area contributed by atoms with E-state index in [0.29, 0.717) is 6.42 Å². The number of nitrogens with two attached hydrogens (primary N) is 1. The molecule has 3 N–H and O–H groups in total. The zero-order valence-electron chi connectivity index (χ0n) is 10.4. The summed E-state index contributed by atoms with van der Waals surface area (Å²) in [4.78, 5) is 10.7. The van der Waals surface area contributed by atoms with Gasteiger partial charge >= 0.3 is 0 Å². The van der Waals surface area contributed by atoms with Crippen LogP contribution in [0.4, 0.5) is 0 Å². The first-order valence-corrected chi connectivity index (χ1v) is 5.72. The van der Waals surface area contributed by atoms with Gasteiger partial charge in [0.25, 0.3) is 0 Å². The Bertz CT molecular complexity index is 285. The predicted octanol–water partition coefficient (Wildman–Crippen LogP) is 1.72. The molecule has 1 rings (SSSR count). The Hall–Kier alpha value is -1.35. The summed E-state index contributed by atoms with van der Waals surface area (Å²) in [6.45, 7) is 4.00. The second-order valence-electron chi connectivity index (χ2n) is 3.35. The normalized spacial score (nSPS) is 11.2. The first-order chi connectivity index (χ1) is 7.72. The molecule has 0 fully saturated rings. The summed E-state index contributed by atoms with van der Waals surface area (Å²) in [6, 6.07) is 10.2. The summed E-state index contributed by atoms with van der Waals surface area (Å²) < 4.78 is 0. The van der Waals surface area contributed by atoms with E-state index in [1.165, 1.54) is 5.56 Å². The average molecular weight is 222 g/mol. The number of benzene rings is 1. The number of primary amides is 1. The van der Waals surface area contributed by atoms with Crippen LogP contribution in [0, 0.1) is 0 Å². The van der Waals surface area contributed by atoms with Crippen LogP contribution in [0.3, 0.4) is 0 Å². The van der Waals surface area contributed by atoms with E-state index in [4.69, 9.17) is 5.73 Å². The monoisotopic (exact) mass is 222 g/mol. The van der Waals surface area contributed by atoms with Gasteiger partial charge in [-0.05, 0) is 19.0 Å². The minimum Gasteiger partial charge on any atom is -0.370 e. The first kappa shape index (κ1) is 14.6. The van der Waals surface area contributed by atoms with Crippen LogP contribution >= 0.6 is 0 Å². The Morgan fingerprint density at radius 1 is 1.31 bits per heavy atom. The Kier molecular flexibility index (Phi) is 8.17. The molecule has 0 heterocycles. The molecule has 1 atom stereocenters. The van der Waals surface area contributed by atoms with E-state index in [-0.39, 0.29) is 11.9 Å². The van der Waals surface area contributed by atoms with Crippen LogP contribution in [0.15, 0.2) is 30.3 Å². The van der Waals surface area contributed by atoms with E-state index in [9.17, 15) is 4.79 Å². The zero-order valence-corrected chi connectivity index (χ0v) is 10.4. The van der Waals surface area contributed by atoms with Crippen molar-refractivity contribution in [1.29, 1.82) is 0 Å². The molecular formula is C13H22N2O. The van der Waals surface area contributed by atoms with Gasteiger partial charge < -0.3 is 11.1 Å². The van der Waals surface area contributed by atoms with Gasteiger partial charge in [0, 0.05) is 12.5 Å². The van der Waals surface area contributed by atoms with Crippen LogP contribution in [0.1, 0.15) is 25.8 Å². The van der Waals surface area contributed by atoms with Gasteiger partial charge in [0.1, 0.15) is 0 Å². The van der Waals surface area contributed by atoms with Gasteiger partial charge in [0.05, 0.1) is 0 Å². The third-order valence-corrected chi connectivity index (χ3v) is 2.18. The summed E-state index contributed by atoms with van der Waals surface area (Å²) in [6.07, 6.45) is 1.21. The maximum absolute atomic E-state index is 10.7. The molecule has 0 aromatic heterocycles.